The number of halogens is 2. The van der Waals surface area contributed by atoms with E-state index in [-0.39, 0.29) is 18.4 Å². The molecular weight excluding hydrogens is 538 g/mol. The molecule has 192 valence electrons. The molecule has 0 unspecified atom stereocenters. The van der Waals surface area contributed by atoms with Gasteiger partial charge in [-0.3, -0.25) is 9.59 Å². The predicted octanol–water partition coefficient (Wildman–Crippen LogP) is 7.02. The highest BCUT2D eigenvalue weighted by atomic mass is 79.9. The average molecular weight is 573 g/mol. The number of hydrogen-bond donors (Lipinski definition) is 0. The maximum atomic E-state index is 13.5. The van der Waals surface area contributed by atoms with Crippen molar-refractivity contribution < 1.29 is 9.59 Å². The Balaban J connectivity index is 1.75. The first-order chi connectivity index (χ1) is 17.4. The second-order valence-corrected chi connectivity index (χ2v) is 10.4. The number of amides is 2. The molecule has 2 amide bonds. The van der Waals surface area contributed by atoms with Crippen molar-refractivity contribution in [1.29, 1.82) is 0 Å². The van der Waals surface area contributed by atoms with Crippen LogP contribution in [0.25, 0.3) is 0 Å². The standard InChI is InChI=1S/C29H35BrClN3O2/c1-3-5-17-33(21-27-8-7-19-32(27)20-23-9-13-25(30)14-10-23)28(35)22-34(18-6-4-2)29(36)24-11-15-26(31)16-12-24/h7-16,19H,3-6,17-18,20-22H2,1-2H3. The fraction of sp³-hybridized carbons (Fsp3) is 0.379. The number of unbranched alkanes of at least 4 members (excludes halogenated alkanes) is 2. The molecule has 0 aliphatic rings. The Morgan fingerprint density at radius 1 is 0.889 bits per heavy atom. The second-order valence-electron chi connectivity index (χ2n) is 9.01. The van der Waals surface area contributed by atoms with E-state index in [0.717, 1.165) is 42.4 Å². The molecule has 0 saturated heterocycles. The smallest absolute Gasteiger partial charge is 0.254 e. The molecule has 0 bridgehead atoms. The Kier molecular flexibility index (Phi) is 11.1. The van der Waals surface area contributed by atoms with Gasteiger partial charge in [0.05, 0.1) is 6.54 Å². The lowest BCUT2D eigenvalue weighted by Crippen LogP contribution is -2.43. The Labute approximate surface area is 228 Å². The molecule has 2 aromatic carbocycles. The van der Waals surface area contributed by atoms with Crippen LogP contribution in [0.3, 0.4) is 0 Å². The minimum Gasteiger partial charge on any atom is -0.345 e. The van der Waals surface area contributed by atoms with Crippen molar-refractivity contribution in [2.45, 2.75) is 52.6 Å². The van der Waals surface area contributed by atoms with Crippen LogP contribution in [-0.2, 0) is 17.9 Å². The number of rotatable bonds is 13. The summed E-state index contributed by atoms with van der Waals surface area (Å²) in [5.74, 6) is -0.166. The molecule has 7 heteroatoms. The lowest BCUT2D eigenvalue weighted by atomic mass is 10.2. The molecule has 3 rings (SSSR count). The van der Waals surface area contributed by atoms with Crippen molar-refractivity contribution >= 4 is 39.3 Å². The van der Waals surface area contributed by atoms with Crippen molar-refractivity contribution in [3.63, 3.8) is 0 Å². The van der Waals surface area contributed by atoms with Crippen LogP contribution < -0.4 is 0 Å². The highest BCUT2D eigenvalue weighted by molar-refractivity contribution is 9.10. The molecule has 0 spiro atoms. The predicted molar refractivity (Wildman–Crippen MR) is 150 cm³/mol. The highest BCUT2D eigenvalue weighted by Crippen LogP contribution is 2.16. The highest BCUT2D eigenvalue weighted by Gasteiger charge is 2.23. The lowest BCUT2D eigenvalue weighted by molar-refractivity contribution is -0.132. The zero-order chi connectivity index (χ0) is 25.9. The Morgan fingerprint density at radius 3 is 2.17 bits per heavy atom. The summed E-state index contributed by atoms with van der Waals surface area (Å²) >= 11 is 9.49. The van der Waals surface area contributed by atoms with Crippen molar-refractivity contribution in [3.05, 3.63) is 93.2 Å². The average Bonchev–Trinajstić information content (AvgIpc) is 3.31. The summed E-state index contributed by atoms with van der Waals surface area (Å²) in [4.78, 5) is 30.3. The van der Waals surface area contributed by atoms with Gasteiger partial charge in [0.25, 0.3) is 5.91 Å². The van der Waals surface area contributed by atoms with Crippen LogP contribution in [0.15, 0.2) is 71.3 Å². The molecule has 3 aromatic rings. The van der Waals surface area contributed by atoms with Gasteiger partial charge < -0.3 is 14.4 Å². The van der Waals surface area contributed by atoms with E-state index < -0.39 is 0 Å². The molecule has 0 saturated carbocycles. The largest absolute Gasteiger partial charge is 0.345 e. The monoisotopic (exact) mass is 571 g/mol. The summed E-state index contributed by atoms with van der Waals surface area (Å²) in [6, 6.07) is 19.2. The topological polar surface area (TPSA) is 45.6 Å². The normalized spacial score (nSPS) is 10.9. The van der Waals surface area contributed by atoms with Crippen molar-refractivity contribution in [2.24, 2.45) is 0 Å². The van der Waals surface area contributed by atoms with Gasteiger partial charge >= 0.3 is 0 Å². The number of hydrogen-bond acceptors (Lipinski definition) is 2. The third kappa shape index (κ3) is 8.24. The van der Waals surface area contributed by atoms with Gasteiger partial charge in [0.2, 0.25) is 5.91 Å². The maximum Gasteiger partial charge on any atom is 0.254 e. The molecule has 1 aromatic heterocycles. The Bertz CT molecular complexity index is 1110. The van der Waals surface area contributed by atoms with E-state index >= 15 is 0 Å². The van der Waals surface area contributed by atoms with Crippen LogP contribution in [0.4, 0.5) is 0 Å². The second kappa shape index (κ2) is 14.2. The minimum absolute atomic E-state index is 0.0294. The van der Waals surface area contributed by atoms with E-state index in [1.807, 2.05) is 23.1 Å². The van der Waals surface area contributed by atoms with E-state index in [9.17, 15) is 9.59 Å². The number of aromatic nitrogens is 1. The zero-order valence-corrected chi connectivity index (χ0v) is 23.5. The molecular formula is C29H35BrClN3O2. The SMILES string of the molecule is CCCCN(Cc1cccn1Cc1ccc(Br)cc1)C(=O)CN(CCCC)C(=O)c1ccc(Cl)cc1. The van der Waals surface area contributed by atoms with Crippen LogP contribution in [0.2, 0.25) is 5.02 Å². The summed E-state index contributed by atoms with van der Waals surface area (Å²) in [6.07, 6.45) is 5.75. The van der Waals surface area contributed by atoms with Crippen LogP contribution in [0, 0.1) is 0 Å². The Morgan fingerprint density at radius 2 is 1.53 bits per heavy atom. The molecule has 5 nitrogen and oxygen atoms in total. The fourth-order valence-electron chi connectivity index (χ4n) is 4.01. The van der Waals surface area contributed by atoms with Crippen LogP contribution in [-0.4, -0.2) is 45.8 Å². The van der Waals surface area contributed by atoms with Crippen molar-refractivity contribution in [1.82, 2.24) is 14.4 Å². The van der Waals surface area contributed by atoms with Gasteiger partial charge in [-0.1, -0.05) is 66.4 Å². The first-order valence-corrected chi connectivity index (χ1v) is 13.8. The van der Waals surface area contributed by atoms with E-state index in [4.69, 9.17) is 11.6 Å². The molecule has 0 aliphatic heterocycles. The molecule has 1 heterocycles. The molecule has 0 atom stereocenters. The van der Waals surface area contributed by atoms with Crippen molar-refractivity contribution in [2.75, 3.05) is 19.6 Å². The van der Waals surface area contributed by atoms with Gasteiger partial charge in [0.15, 0.2) is 0 Å². The van der Waals surface area contributed by atoms with Gasteiger partial charge in [-0.2, -0.15) is 0 Å². The minimum atomic E-state index is -0.137. The molecule has 0 radical (unpaired) electrons. The summed E-state index contributed by atoms with van der Waals surface area (Å²) in [5, 5.41) is 0.583. The summed E-state index contributed by atoms with van der Waals surface area (Å²) in [7, 11) is 0. The van der Waals surface area contributed by atoms with E-state index in [2.05, 4.69) is 58.7 Å². The summed E-state index contributed by atoms with van der Waals surface area (Å²) < 4.78 is 3.24. The van der Waals surface area contributed by atoms with Gasteiger partial charge in [-0.15, -0.1) is 0 Å². The van der Waals surface area contributed by atoms with Gasteiger partial charge in [-0.05, 0) is 66.9 Å². The number of benzene rings is 2. The number of carbonyl (C=O) groups excluding carboxylic acids is 2. The van der Waals surface area contributed by atoms with E-state index in [1.54, 1.807) is 29.2 Å². The van der Waals surface area contributed by atoms with Crippen molar-refractivity contribution in [3.8, 4) is 0 Å². The van der Waals surface area contributed by atoms with E-state index in [0.29, 0.717) is 30.2 Å². The molecule has 0 N–H and O–H groups in total. The van der Waals surface area contributed by atoms with Gasteiger partial charge in [-0.25, -0.2) is 0 Å². The van der Waals surface area contributed by atoms with E-state index in [1.165, 1.54) is 5.56 Å². The van der Waals surface area contributed by atoms with Crippen LogP contribution >= 0.6 is 27.5 Å². The zero-order valence-electron chi connectivity index (χ0n) is 21.1. The van der Waals surface area contributed by atoms with Crippen LogP contribution in [0.1, 0.15) is 61.1 Å². The molecule has 0 fully saturated rings. The number of nitrogens with zero attached hydrogens (tertiary/aromatic N) is 3. The molecule has 0 aliphatic carbocycles. The third-order valence-corrected chi connectivity index (χ3v) is 6.94. The molecule has 36 heavy (non-hydrogen) atoms. The number of carbonyl (C=O) groups is 2. The lowest BCUT2D eigenvalue weighted by Gasteiger charge is -2.28. The summed E-state index contributed by atoms with van der Waals surface area (Å²) in [6.45, 7) is 6.73. The van der Waals surface area contributed by atoms with Gasteiger partial charge in [0.1, 0.15) is 6.54 Å². The summed E-state index contributed by atoms with van der Waals surface area (Å²) in [5.41, 5.74) is 2.82. The first-order valence-electron chi connectivity index (χ1n) is 12.6. The fourth-order valence-corrected chi connectivity index (χ4v) is 4.40. The quantitative estimate of drug-likeness (QED) is 0.221. The third-order valence-electron chi connectivity index (χ3n) is 6.16. The van der Waals surface area contributed by atoms with Gasteiger partial charge in [0, 0.05) is 46.6 Å². The Hall–Kier alpha value is -2.57. The van der Waals surface area contributed by atoms with Crippen LogP contribution in [0.5, 0.6) is 0 Å². The maximum absolute atomic E-state index is 13.5. The first kappa shape index (κ1) is 28.0.